The molecule has 2 atom stereocenters. The Bertz CT molecular complexity index is 369. The highest BCUT2D eigenvalue weighted by atomic mass is 16.5. The lowest BCUT2D eigenvalue weighted by atomic mass is 10.0. The topological polar surface area (TPSA) is 79.9 Å². The summed E-state index contributed by atoms with van der Waals surface area (Å²) in [5, 5.41) is 6.24. The summed E-state index contributed by atoms with van der Waals surface area (Å²) in [6.45, 7) is 2.19. The number of carbonyl (C=O) groups is 2. The molecule has 2 aliphatic rings. The highest BCUT2D eigenvalue weighted by Gasteiger charge is 2.31. The summed E-state index contributed by atoms with van der Waals surface area (Å²) in [5.41, 5.74) is 0. The Hall–Kier alpha value is -1.18. The molecule has 0 aromatic carbocycles. The summed E-state index contributed by atoms with van der Waals surface area (Å²) in [7, 11) is 3.19. The molecular formula is C14H25N3O4. The SMILES string of the molecule is COCC(=O)N1CCC(NC(=O)C2CC(OC)CN2)CC1. The Morgan fingerprint density at radius 1 is 1.29 bits per heavy atom. The molecule has 21 heavy (non-hydrogen) atoms. The Kier molecular flexibility index (Phi) is 5.96. The van der Waals surface area contributed by atoms with Gasteiger partial charge in [-0.2, -0.15) is 0 Å². The van der Waals surface area contributed by atoms with E-state index in [1.54, 1.807) is 12.0 Å². The molecule has 7 nitrogen and oxygen atoms in total. The van der Waals surface area contributed by atoms with Crippen LogP contribution in [-0.2, 0) is 19.1 Å². The fourth-order valence-corrected chi connectivity index (χ4v) is 2.87. The molecule has 2 saturated heterocycles. The van der Waals surface area contributed by atoms with Crippen molar-refractivity contribution in [3.05, 3.63) is 0 Å². The molecule has 7 heteroatoms. The number of nitrogens with one attached hydrogen (secondary N) is 2. The Labute approximate surface area is 125 Å². The normalized spacial score (nSPS) is 26.9. The number of nitrogens with zero attached hydrogens (tertiary/aromatic N) is 1. The Balaban J connectivity index is 1.71. The second-order valence-electron chi connectivity index (χ2n) is 5.65. The van der Waals surface area contributed by atoms with Gasteiger partial charge >= 0.3 is 0 Å². The predicted molar refractivity (Wildman–Crippen MR) is 76.8 cm³/mol. The first kappa shape index (κ1) is 16.2. The molecular weight excluding hydrogens is 274 g/mol. The summed E-state index contributed by atoms with van der Waals surface area (Å²) in [5.74, 6) is 0.0545. The van der Waals surface area contributed by atoms with E-state index in [1.807, 2.05) is 0 Å². The first-order chi connectivity index (χ1) is 10.1. The number of piperidine rings is 1. The van der Waals surface area contributed by atoms with Crippen LogP contribution in [0.1, 0.15) is 19.3 Å². The van der Waals surface area contributed by atoms with Crippen LogP contribution in [0.2, 0.25) is 0 Å². The number of carbonyl (C=O) groups excluding carboxylic acids is 2. The van der Waals surface area contributed by atoms with Crippen molar-refractivity contribution in [1.29, 1.82) is 0 Å². The van der Waals surface area contributed by atoms with Crippen molar-refractivity contribution in [2.75, 3.05) is 40.5 Å². The van der Waals surface area contributed by atoms with Crippen molar-refractivity contribution in [2.45, 2.75) is 37.5 Å². The summed E-state index contributed by atoms with van der Waals surface area (Å²) in [4.78, 5) is 25.7. The first-order valence-electron chi connectivity index (χ1n) is 7.47. The van der Waals surface area contributed by atoms with Crippen molar-refractivity contribution >= 4 is 11.8 Å². The predicted octanol–water partition coefficient (Wildman–Crippen LogP) is -0.883. The maximum atomic E-state index is 12.2. The van der Waals surface area contributed by atoms with Gasteiger partial charge in [0.15, 0.2) is 0 Å². The largest absolute Gasteiger partial charge is 0.380 e. The van der Waals surface area contributed by atoms with E-state index in [0.29, 0.717) is 19.5 Å². The third-order valence-corrected chi connectivity index (χ3v) is 4.20. The summed E-state index contributed by atoms with van der Waals surface area (Å²) in [6.07, 6.45) is 2.42. The van der Waals surface area contributed by atoms with Crippen LogP contribution in [0, 0.1) is 0 Å². The zero-order valence-electron chi connectivity index (χ0n) is 12.8. The lowest BCUT2D eigenvalue weighted by molar-refractivity contribution is -0.136. The lowest BCUT2D eigenvalue weighted by Crippen LogP contribution is -2.50. The maximum absolute atomic E-state index is 12.2. The maximum Gasteiger partial charge on any atom is 0.248 e. The van der Waals surface area contributed by atoms with Crippen LogP contribution < -0.4 is 10.6 Å². The van der Waals surface area contributed by atoms with Gasteiger partial charge in [-0.3, -0.25) is 9.59 Å². The van der Waals surface area contributed by atoms with Gasteiger partial charge in [-0.25, -0.2) is 0 Å². The number of methoxy groups -OCH3 is 2. The summed E-state index contributed by atoms with van der Waals surface area (Å²) >= 11 is 0. The molecule has 2 N–H and O–H groups in total. The van der Waals surface area contributed by atoms with Crippen molar-refractivity contribution in [2.24, 2.45) is 0 Å². The third-order valence-electron chi connectivity index (χ3n) is 4.20. The van der Waals surface area contributed by atoms with Crippen molar-refractivity contribution in [3.63, 3.8) is 0 Å². The van der Waals surface area contributed by atoms with Gasteiger partial charge in [0.25, 0.3) is 0 Å². The number of rotatable bonds is 5. The molecule has 0 spiro atoms. The standard InChI is InChI=1S/C14H25N3O4/c1-20-9-13(18)17-5-3-10(4-6-17)16-14(19)12-7-11(21-2)8-15-12/h10-12,15H,3-9H2,1-2H3,(H,16,19). The van der Waals surface area contributed by atoms with Crippen LogP contribution in [0.3, 0.4) is 0 Å². The van der Waals surface area contributed by atoms with Gasteiger partial charge in [0.1, 0.15) is 6.61 Å². The van der Waals surface area contributed by atoms with Crippen LogP contribution in [0.5, 0.6) is 0 Å². The summed E-state index contributed by atoms with van der Waals surface area (Å²) in [6, 6.07) is -0.0180. The zero-order valence-corrected chi connectivity index (χ0v) is 12.8. The van der Waals surface area contributed by atoms with Crippen LogP contribution in [-0.4, -0.2) is 75.4 Å². The van der Waals surface area contributed by atoms with E-state index >= 15 is 0 Å². The van der Waals surface area contributed by atoms with Crippen molar-refractivity contribution < 1.29 is 19.1 Å². The van der Waals surface area contributed by atoms with Crippen molar-refractivity contribution in [3.8, 4) is 0 Å². The second-order valence-corrected chi connectivity index (χ2v) is 5.65. The van der Waals surface area contributed by atoms with Gasteiger partial charge in [0.05, 0.1) is 12.1 Å². The molecule has 2 rings (SSSR count). The average Bonchev–Trinajstić information content (AvgIpc) is 2.97. The molecule has 0 saturated carbocycles. The number of hydrogen-bond donors (Lipinski definition) is 2. The minimum atomic E-state index is -0.164. The molecule has 2 fully saturated rings. The molecule has 0 radical (unpaired) electrons. The zero-order chi connectivity index (χ0) is 15.2. The molecule has 2 amide bonds. The van der Waals surface area contributed by atoms with Gasteiger partial charge in [0, 0.05) is 39.9 Å². The molecule has 0 aliphatic carbocycles. The molecule has 2 aliphatic heterocycles. The number of likely N-dealkylation sites (tertiary alicyclic amines) is 1. The monoisotopic (exact) mass is 299 g/mol. The van der Waals surface area contributed by atoms with Gasteiger partial charge in [-0.15, -0.1) is 0 Å². The van der Waals surface area contributed by atoms with Gasteiger partial charge in [-0.1, -0.05) is 0 Å². The highest BCUT2D eigenvalue weighted by Crippen LogP contribution is 2.13. The fraction of sp³-hybridized carbons (Fsp3) is 0.857. The molecule has 0 bridgehead atoms. The quantitative estimate of drug-likeness (QED) is 0.689. The fourth-order valence-electron chi connectivity index (χ4n) is 2.87. The van der Waals surface area contributed by atoms with Crippen LogP contribution in [0.25, 0.3) is 0 Å². The highest BCUT2D eigenvalue weighted by molar-refractivity contribution is 5.82. The van der Waals surface area contributed by atoms with E-state index in [4.69, 9.17) is 9.47 Å². The lowest BCUT2D eigenvalue weighted by Gasteiger charge is -2.32. The molecule has 120 valence electrons. The minimum Gasteiger partial charge on any atom is -0.380 e. The molecule has 2 unspecified atom stereocenters. The molecule has 0 aromatic heterocycles. The van der Waals surface area contributed by atoms with Gasteiger partial charge in [-0.05, 0) is 19.3 Å². The van der Waals surface area contributed by atoms with E-state index in [1.165, 1.54) is 7.11 Å². The van der Waals surface area contributed by atoms with E-state index in [2.05, 4.69) is 10.6 Å². The summed E-state index contributed by atoms with van der Waals surface area (Å²) < 4.78 is 10.1. The van der Waals surface area contributed by atoms with Crippen LogP contribution in [0.15, 0.2) is 0 Å². The smallest absolute Gasteiger partial charge is 0.248 e. The third kappa shape index (κ3) is 4.39. The molecule has 2 heterocycles. The van der Waals surface area contributed by atoms with Gasteiger partial charge in [0.2, 0.25) is 11.8 Å². The van der Waals surface area contributed by atoms with Gasteiger partial charge < -0.3 is 25.0 Å². The number of amides is 2. The number of hydrogen-bond acceptors (Lipinski definition) is 5. The Morgan fingerprint density at radius 3 is 2.57 bits per heavy atom. The van der Waals surface area contributed by atoms with Crippen molar-refractivity contribution in [1.82, 2.24) is 15.5 Å². The van der Waals surface area contributed by atoms with E-state index < -0.39 is 0 Å². The van der Waals surface area contributed by atoms with E-state index in [-0.39, 0.29) is 36.6 Å². The minimum absolute atomic E-state index is 0.0164. The molecule has 0 aromatic rings. The van der Waals surface area contributed by atoms with E-state index in [9.17, 15) is 9.59 Å². The Morgan fingerprint density at radius 2 is 2.00 bits per heavy atom. The number of ether oxygens (including phenoxy) is 2. The van der Waals surface area contributed by atoms with Crippen LogP contribution in [0.4, 0.5) is 0 Å². The van der Waals surface area contributed by atoms with Crippen LogP contribution >= 0.6 is 0 Å². The second kappa shape index (κ2) is 7.72. The average molecular weight is 299 g/mol. The first-order valence-corrected chi connectivity index (χ1v) is 7.47. The van der Waals surface area contributed by atoms with E-state index in [0.717, 1.165) is 19.4 Å².